The Morgan fingerprint density at radius 3 is 2.30 bits per heavy atom. The van der Waals surface area contributed by atoms with Crippen molar-refractivity contribution in [1.82, 2.24) is 0 Å². The van der Waals surface area contributed by atoms with E-state index in [4.69, 9.17) is 9.47 Å². The molecule has 2 rings (SSSR count). The molecule has 0 aliphatic rings. The van der Waals surface area contributed by atoms with E-state index in [0.29, 0.717) is 17.9 Å². The van der Waals surface area contributed by atoms with E-state index < -0.39 is 4.92 Å². The van der Waals surface area contributed by atoms with Crippen molar-refractivity contribution < 1.29 is 14.4 Å². The fourth-order valence-corrected chi connectivity index (χ4v) is 2.30. The van der Waals surface area contributed by atoms with Crippen molar-refractivity contribution in [3.05, 3.63) is 63.7 Å². The van der Waals surface area contributed by atoms with Crippen LogP contribution in [0.4, 0.5) is 5.69 Å². The van der Waals surface area contributed by atoms with Crippen LogP contribution < -0.4 is 9.47 Å². The van der Waals surface area contributed by atoms with Crippen LogP contribution >= 0.6 is 0 Å². The van der Waals surface area contributed by atoms with Crippen LogP contribution in [-0.2, 0) is 6.42 Å². The van der Waals surface area contributed by atoms with Gasteiger partial charge >= 0.3 is 0 Å². The number of nitro benzene ring substituents is 1. The van der Waals surface area contributed by atoms with E-state index in [1.165, 1.54) is 12.1 Å². The number of nitrogens with zero attached hydrogens (tertiary/aromatic N) is 2. The van der Waals surface area contributed by atoms with Crippen LogP contribution in [0.25, 0.3) is 0 Å². The molecule has 0 aliphatic carbocycles. The molecule has 6 heteroatoms. The van der Waals surface area contributed by atoms with Crippen LogP contribution in [0.15, 0.2) is 42.5 Å². The Morgan fingerprint density at radius 1 is 1.13 bits per heavy atom. The summed E-state index contributed by atoms with van der Waals surface area (Å²) in [4.78, 5) is 10.2. The molecule has 0 saturated heterocycles. The molecule has 0 amide bonds. The van der Waals surface area contributed by atoms with Gasteiger partial charge in [-0.3, -0.25) is 10.1 Å². The third kappa shape index (κ3) is 3.77. The second-order valence-corrected chi connectivity index (χ2v) is 4.92. The summed E-state index contributed by atoms with van der Waals surface area (Å²) >= 11 is 0. The minimum atomic E-state index is -0.445. The maximum atomic E-state index is 10.7. The Hall–Kier alpha value is -3.07. The van der Waals surface area contributed by atoms with Crippen LogP contribution in [0, 0.1) is 21.4 Å². The van der Waals surface area contributed by atoms with Crippen molar-refractivity contribution in [2.75, 3.05) is 14.2 Å². The SMILES string of the molecule is COc1ccc(C(C#N)Cc2ccc([N+](=O)[O-])cc2)cc1OC. The Labute approximate surface area is 134 Å². The normalized spacial score (nSPS) is 11.3. The van der Waals surface area contributed by atoms with Gasteiger partial charge in [0.25, 0.3) is 5.69 Å². The summed E-state index contributed by atoms with van der Waals surface area (Å²) in [5, 5.41) is 20.1. The summed E-state index contributed by atoms with van der Waals surface area (Å²) in [7, 11) is 3.09. The first-order valence-corrected chi connectivity index (χ1v) is 6.94. The molecule has 118 valence electrons. The fraction of sp³-hybridized carbons (Fsp3) is 0.235. The number of ether oxygens (including phenoxy) is 2. The predicted octanol–water partition coefficient (Wildman–Crippen LogP) is 3.46. The van der Waals surface area contributed by atoms with E-state index >= 15 is 0 Å². The monoisotopic (exact) mass is 312 g/mol. The van der Waals surface area contributed by atoms with Gasteiger partial charge in [-0.1, -0.05) is 18.2 Å². The maximum Gasteiger partial charge on any atom is 0.269 e. The molecule has 0 heterocycles. The predicted molar refractivity (Wildman–Crippen MR) is 84.7 cm³/mol. The van der Waals surface area contributed by atoms with Crippen molar-refractivity contribution in [3.8, 4) is 17.6 Å². The number of rotatable bonds is 6. The molecule has 0 radical (unpaired) electrons. The van der Waals surface area contributed by atoms with E-state index in [1.54, 1.807) is 38.5 Å². The smallest absolute Gasteiger partial charge is 0.269 e. The molecule has 6 nitrogen and oxygen atoms in total. The van der Waals surface area contributed by atoms with E-state index in [0.717, 1.165) is 11.1 Å². The molecule has 2 aromatic carbocycles. The van der Waals surface area contributed by atoms with Crippen molar-refractivity contribution >= 4 is 5.69 Å². The van der Waals surface area contributed by atoms with E-state index in [9.17, 15) is 15.4 Å². The number of nitriles is 1. The molecule has 0 aliphatic heterocycles. The summed E-state index contributed by atoms with van der Waals surface area (Å²) < 4.78 is 10.4. The van der Waals surface area contributed by atoms with Gasteiger partial charge in [0, 0.05) is 12.1 Å². The third-order valence-corrected chi connectivity index (χ3v) is 3.55. The van der Waals surface area contributed by atoms with Crippen molar-refractivity contribution in [1.29, 1.82) is 5.26 Å². The number of hydrogen-bond donors (Lipinski definition) is 0. The van der Waals surface area contributed by atoms with E-state index in [1.807, 2.05) is 6.07 Å². The first-order valence-electron chi connectivity index (χ1n) is 6.94. The molecule has 2 aromatic rings. The molecule has 0 spiro atoms. The molecule has 0 fully saturated rings. The van der Waals surface area contributed by atoms with Gasteiger partial charge < -0.3 is 9.47 Å². The summed E-state index contributed by atoms with van der Waals surface area (Å²) in [6, 6.07) is 13.8. The molecular formula is C17H16N2O4. The molecule has 1 unspecified atom stereocenters. The Kier molecular flexibility index (Phi) is 5.15. The molecule has 1 atom stereocenters. The summed E-state index contributed by atoms with van der Waals surface area (Å²) in [6.07, 6.45) is 0.462. The molecule has 0 saturated carbocycles. The lowest BCUT2D eigenvalue weighted by atomic mass is 9.93. The quantitative estimate of drug-likeness (QED) is 0.602. The summed E-state index contributed by atoms with van der Waals surface area (Å²) in [5.41, 5.74) is 1.70. The molecule has 23 heavy (non-hydrogen) atoms. The highest BCUT2D eigenvalue weighted by Crippen LogP contribution is 2.31. The van der Waals surface area contributed by atoms with Gasteiger partial charge in [-0.15, -0.1) is 0 Å². The average molecular weight is 312 g/mol. The Bertz CT molecular complexity index is 735. The molecule has 0 aromatic heterocycles. The minimum absolute atomic E-state index is 0.0355. The number of nitro groups is 1. The van der Waals surface area contributed by atoms with Gasteiger partial charge in [-0.05, 0) is 29.7 Å². The average Bonchev–Trinajstić information content (AvgIpc) is 2.59. The standard InChI is InChI=1S/C17H16N2O4/c1-22-16-8-5-13(10-17(16)23-2)14(11-18)9-12-3-6-15(7-4-12)19(20)21/h3-8,10,14H,9H2,1-2H3. The van der Waals surface area contributed by atoms with Crippen LogP contribution in [0.1, 0.15) is 17.0 Å². The van der Waals surface area contributed by atoms with Crippen molar-refractivity contribution in [3.63, 3.8) is 0 Å². The minimum Gasteiger partial charge on any atom is -0.493 e. The highest BCUT2D eigenvalue weighted by atomic mass is 16.6. The lowest BCUT2D eigenvalue weighted by Crippen LogP contribution is -2.02. The van der Waals surface area contributed by atoms with Crippen LogP contribution in [-0.4, -0.2) is 19.1 Å². The van der Waals surface area contributed by atoms with Gasteiger partial charge in [0.15, 0.2) is 11.5 Å². The Balaban J connectivity index is 2.23. The molecular weight excluding hydrogens is 296 g/mol. The zero-order valence-corrected chi connectivity index (χ0v) is 12.9. The second-order valence-electron chi connectivity index (χ2n) is 4.92. The highest BCUT2D eigenvalue weighted by molar-refractivity contribution is 5.45. The lowest BCUT2D eigenvalue weighted by molar-refractivity contribution is -0.384. The molecule has 0 N–H and O–H groups in total. The highest BCUT2D eigenvalue weighted by Gasteiger charge is 2.15. The lowest BCUT2D eigenvalue weighted by Gasteiger charge is -2.13. The van der Waals surface area contributed by atoms with Gasteiger partial charge in [0.2, 0.25) is 0 Å². The van der Waals surface area contributed by atoms with Gasteiger partial charge in [0.05, 0.1) is 31.1 Å². The first kappa shape index (κ1) is 16.3. The third-order valence-electron chi connectivity index (χ3n) is 3.55. The second kappa shape index (κ2) is 7.27. The van der Waals surface area contributed by atoms with Gasteiger partial charge in [0.1, 0.15) is 0 Å². The number of hydrogen-bond acceptors (Lipinski definition) is 5. The van der Waals surface area contributed by atoms with Crippen molar-refractivity contribution in [2.45, 2.75) is 12.3 Å². The summed E-state index contributed by atoms with van der Waals surface area (Å²) in [5.74, 6) is 0.786. The van der Waals surface area contributed by atoms with Crippen LogP contribution in [0.5, 0.6) is 11.5 Å². The van der Waals surface area contributed by atoms with Crippen molar-refractivity contribution in [2.24, 2.45) is 0 Å². The van der Waals surface area contributed by atoms with E-state index in [-0.39, 0.29) is 11.6 Å². The Morgan fingerprint density at radius 2 is 1.78 bits per heavy atom. The largest absolute Gasteiger partial charge is 0.493 e. The van der Waals surface area contributed by atoms with Gasteiger partial charge in [-0.25, -0.2) is 0 Å². The number of benzene rings is 2. The fourth-order valence-electron chi connectivity index (χ4n) is 2.30. The van der Waals surface area contributed by atoms with E-state index in [2.05, 4.69) is 6.07 Å². The maximum absolute atomic E-state index is 10.7. The van der Waals surface area contributed by atoms with Crippen LogP contribution in [0.3, 0.4) is 0 Å². The first-order chi connectivity index (χ1) is 11.1. The van der Waals surface area contributed by atoms with Gasteiger partial charge in [-0.2, -0.15) is 5.26 Å². The number of methoxy groups -OCH3 is 2. The molecule has 0 bridgehead atoms. The summed E-state index contributed by atoms with van der Waals surface area (Å²) in [6.45, 7) is 0. The number of non-ortho nitro benzene ring substituents is 1. The zero-order valence-electron chi connectivity index (χ0n) is 12.9. The van der Waals surface area contributed by atoms with Crippen LogP contribution in [0.2, 0.25) is 0 Å². The zero-order chi connectivity index (χ0) is 16.8. The topological polar surface area (TPSA) is 85.4 Å².